The lowest BCUT2D eigenvalue weighted by atomic mass is 9.88. The van der Waals surface area contributed by atoms with E-state index in [1.54, 1.807) is 0 Å². The number of benzene rings is 3. The van der Waals surface area contributed by atoms with Crippen LogP contribution in [0.4, 0.5) is 0 Å². The van der Waals surface area contributed by atoms with E-state index in [1.165, 1.54) is 64.8 Å². The van der Waals surface area contributed by atoms with Gasteiger partial charge in [0.2, 0.25) is 5.69 Å². The van der Waals surface area contributed by atoms with Crippen LogP contribution >= 0.6 is 11.8 Å². The van der Waals surface area contributed by atoms with Crippen LogP contribution in [0.15, 0.2) is 56.8 Å². The summed E-state index contributed by atoms with van der Waals surface area (Å²) in [6, 6.07) is 13.9. The number of rotatable bonds is 3. The molecule has 2 aromatic heterocycles. The Morgan fingerprint density at radius 2 is 1.69 bits per heavy atom. The summed E-state index contributed by atoms with van der Waals surface area (Å²) >= 11 is 1.95. The van der Waals surface area contributed by atoms with E-state index in [2.05, 4.69) is 95.8 Å². The Bertz CT molecular complexity index is 1670. The minimum Gasteiger partial charge on any atom is -0.455 e. The molecular weight excluding hydrogens is 446 g/mol. The molecule has 0 spiro atoms. The molecule has 0 atom stereocenters. The number of nitrogens with zero attached hydrogens (tertiary/aromatic N) is 1. The highest BCUT2D eigenvalue weighted by Gasteiger charge is 2.32. The van der Waals surface area contributed by atoms with Crippen LogP contribution < -0.4 is 4.57 Å². The Kier molecular flexibility index (Phi) is 5.09. The average Bonchev–Trinajstić information content (AvgIpc) is 3.17. The Labute approximate surface area is 212 Å². The largest absolute Gasteiger partial charge is 0.455 e. The monoisotopic (exact) mass is 480 g/mol. The molecule has 0 amide bonds. The second-order valence-electron chi connectivity index (χ2n) is 11.3. The maximum atomic E-state index is 6.63. The molecule has 0 N–H and O–H groups in total. The second kappa shape index (κ2) is 7.86. The molecule has 0 bridgehead atoms. The topological polar surface area (TPSA) is 17.0 Å². The molecular formula is C32H34NOS+. The maximum absolute atomic E-state index is 6.63. The molecule has 1 aliphatic rings. The van der Waals surface area contributed by atoms with Crippen molar-refractivity contribution < 1.29 is 8.98 Å². The minimum atomic E-state index is 0.247. The lowest BCUT2D eigenvalue weighted by Gasteiger charge is -2.24. The maximum Gasteiger partial charge on any atom is 0.222 e. The SMILES string of the molecule is CCc1cc(CC)c2c(c1C)-c1c3c(cc4c5ccc(CC(C)(C)C)cc5oc4c3cc[n+]1C)S2. The number of furan rings is 1. The van der Waals surface area contributed by atoms with Gasteiger partial charge in [0.25, 0.3) is 0 Å². The first-order chi connectivity index (χ1) is 16.7. The van der Waals surface area contributed by atoms with Crippen molar-refractivity contribution >= 4 is 44.5 Å². The summed E-state index contributed by atoms with van der Waals surface area (Å²) in [6.45, 7) is 13.7. The highest BCUT2D eigenvalue weighted by Crippen LogP contribution is 2.52. The van der Waals surface area contributed by atoms with E-state index in [-0.39, 0.29) is 5.41 Å². The van der Waals surface area contributed by atoms with Crippen molar-refractivity contribution in [1.82, 2.24) is 0 Å². The van der Waals surface area contributed by atoms with Gasteiger partial charge in [-0.2, -0.15) is 0 Å². The molecule has 3 aromatic carbocycles. The highest BCUT2D eigenvalue weighted by atomic mass is 32.2. The van der Waals surface area contributed by atoms with E-state index >= 15 is 0 Å². The molecule has 3 heteroatoms. The fraction of sp³-hybridized carbons (Fsp3) is 0.344. The van der Waals surface area contributed by atoms with E-state index in [1.807, 2.05) is 11.8 Å². The quantitative estimate of drug-likeness (QED) is 0.236. The van der Waals surface area contributed by atoms with Crippen LogP contribution in [-0.4, -0.2) is 0 Å². The van der Waals surface area contributed by atoms with Crippen LogP contribution in [0.2, 0.25) is 0 Å². The van der Waals surface area contributed by atoms with Gasteiger partial charge in [-0.05, 0) is 66.0 Å². The van der Waals surface area contributed by atoms with Crippen LogP contribution in [0.1, 0.15) is 56.9 Å². The molecule has 0 unspecified atom stereocenters. The highest BCUT2D eigenvalue weighted by molar-refractivity contribution is 7.99. The molecule has 0 fully saturated rings. The Morgan fingerprint density at radius 1 is 0.914 bits per heavy atom. The molecule has 3 heterocycles. The second-order valence-corrected chi connectivity index (χ2v) is 12.4. The molecule has 5 aromatic rings. The van der Waals surface area contributed by atoms with Crippen molar-refractivity contribution in [3.63, 3.8) is 0 Å². The molecule has 6 rings (SSSR count). The molecule has 1 aliphatic heterocycles. The average molecular weight is 481 g/mol. The van der Waals surface area contributed by atoms with E-state index < -0.39 is 0 Å². The third-order valence-corrected chi connectivity index (χ3v) is 8.76. The van der Waals surface area contributed by atoms with Crippen molar-refractivity contribution in [2.75, 3.05) is 0 Å². The summed E-state index contributed by atoms with van der Waals surface area (Å²) in [5, 5.41) is 4.98. The van der Waals surface area contributed by atoms with E-state index in [4.69, 9.17) is 4.42 Å². The van der Waals surface area contributed by atoms with Crippen molar-refractivity contribution in [2.24, 2.45) is 12.5 Å². The van der Waals surface area contributed by atoms with Crippen molar-refractivity contribution in [1.29, 1.82) is 0 Å². The first kappa shape index (κ1) is 22.7. The normalized spacial score (nSPS) is 13.2. The number of pyridine rings is 1. The third kappa shape index (κ3) is 3.42. The third-order valence-electron chi connectivity index (χ3n) is 7.55. The van der Waals surface area contributed by atoms with Gasteiger partial charge in [-0.1, -0.05) is 64.6 Å². The van der Waals surface area contributed by atoms with Gasteiger partial charge in [0.05, 0.1) is 10.9 Å². The zero-order valence-corrected chi connectivity index (χ0v) is 22.7. The smallest absolute Gasteiger partial charge is 0.222 e. The molecule has 0 saturated carbocycles. The van der Waals surface area contributed by atoms with Gasteiger partial charge in [-0.3, -0.25) is 0 Å². The summed E-state index contributed by atoms with van der Waals surface area (Å²) in [4.78, 5) is 2.77. The number of hydrogen-bond acceptors (Lipinski definition) is 2. The Morgan fingerprint density at radius 3 is 2.40 bits per heavy atom. The molecule has 178 valence electrons. The summed E-state index contributed by atoms with van der Waals surface area (Å²) in [7, 11) is 2.18. The van der Waals surface area contributed by atoms with Crippen LogP contribution in [0, 0.1) is 12.3 Å². The summed E-state index contributed by atoms with van der Waals surface area (Å²) in [6.07, 6.45) is 5.35. The standard InChI is InChI=1S/C32H34NOS/c1-8-20-15-21(9-2)31-27(18(20)3)29-28-23(12-13-33(29)7)30-24(16-26(28)35-31)22-11-10-19(14-25(22)34-30)17-32(4,5)6/h10-16H,8-9,17H2,1-7H3/q+1. The van der Waals surface area contributed by atoms with Gasteiger partial charge in [-0.15, -0.1) is 0 Å². The fourth-order valence-electron chi connectivity index (χ4n) is 5.92. The molecule has 0 saturated heterocycles. The zero-order valence-electron chi connectivity index (χ0n) is 21.9. The van der Waals surface area contributed by atoms with Gasteiger partial charge in [0, 0.05) is 32.0 Å². The summed E-state index contributed by atoms with van der Waals surface area (Å²) in [5.74, 6) is 0. The Balaban J connectivity index is 1.69. The summed E-state index contributed by atoms with van der Waals surface area (Å²) < 4.78 is 8.94. The lowest BCUT2D eigenvalue weighted by molar-refractivity contribution is -0.659. The Hall–Kier alpha value is -2.78. The van der Waals surface area contributed by atoms with Crippen LogP contribution in [0.5, 0.6) is 0 Å². The number of aryl methyl sites for hydroxylation is 3. The van der Waals surface area contributed by atoms with Crippen LogP contribution in [0.25, 0.3) is 44.0 Å². The van der Waals surface area contributed by atoms with Crippen LogP contribution in [0.3, 0.4) is 0 Å². The van der Waals surface area contributed by atoms with Crippen molar-refractivity contribution in [2.45, 2.75) is 70.6 Å². The first-order valence-corrected chi connectivity index (χ1v) is 13.7. The number of aromatic nitrogens is 1. The predicted octanol–water partition coefficient (Wildman–Crippen LogP) is 8.72. The summed E-state index contributed by atoms with van der Waals surface area (Å²) in [5.41, 5.74) is 10.7. The van der Waals surface area contributed by atoms with Gasteiger partial charge < -0.3 is 4.42 Å². The van der Waals surface area contributed by atoms with E-state index in [0.717, 1.165) is 30.4 Å². The van der Waals surface area contributed by atoms with Gasteiger partial charge in [0.15, 0.2) is 6.20 Å². The zero-order chi connectivity index (χ0) is 24.6. The molecule has 2 nitrogen and oxygen atoms in total. The molecule has 0 radical (unpaired) electrons. The first-order valence-electron chi connectivity index (χ1n) is 12.8. The van der Waals surface area contributed by atoms with Crippen molar-refractivity contribution in [3.05, 3.63) is 64.8 Å². The lowest BCUT2D eigenvalue weighted by Crippen LogP contribution is -2.32. The molecule has 0 aliphatic carbocycles. The van der Waals surface area contributed by atoms with E-state index in [0.29, 0.717) is 0 Å². The van der Waals surface area contributed by atoms with Crippen LogP contribution in [-0.2, 0) is 26.3 Å². The molecule has 35 heavy (non-hydrogen) atoms. The number of fused-ring (bicyclic) bond motifs is 6. The fourth-order valence-corrected chi connectivity index (χ4v) is 7.31. The minimum absolute atomic E-state index is 0.247. The number of hydrogen-bond donors (Lipinski definition) is 0. The van der Waals surface area contributed by atoms with Crippen molar-refractivity contribution in [3.8, 4) is 11.3 Å². The van der Waals surface area contributed by atoms with Gasteiger partial charge in [0.1, 0.15) is 18.2 Å². The van der Waals surface area contributed by atoms with Gasteiger partial charge >= 0.3 is 0 Å². The van der Waals surface area contributed by atoms with Gasteiger partial charge in [-0.25, -0.2) is 4.57 Å². The predicted molar refractivity (Wildman–Crippen MR) is 149 cm³/mol. The van der Waals surface area contributed by atoms with E-state index in [9.17, 15) is 0 Å².